The number of hydrogen-bond donors (Lipinski definition) is 1. The number of benzene rings is 1. The molecule has 0 radical (unpaired) electrons. The lowest BCUT2D eigenvalue weighted by atomic mass is 10.0. The first-order valence-electron chi connectivity index (χ1n) is 9.00. The number of anilines is 1. The zero-order valence-corrected chi connectivity index (χ0v) is 15.7. The van der Waals surface area contributed by atoms with Crippen LogP contribution in [0, 0.1) is 11.3 Å². The number of hydrogen-bond acceptors (Lipinski definition) is 7. The summed E-state index contributed by atoms with van der Waals surface area (Å²) in [5.74, 6) is -0.779. The largest absolute Gasteiger partial charge is 0.383 e. The average Bonchev–Trinajstić information content (AvgIpc) is 2.69. The van der Waals surface area contributed by atoms with E-state index >= 15 is 0 Å². The Kier molecular flexibility index (Phi) is 6.16. The van der Waals surface area contributed by atoms with Crippen molar-refractivity contribution in [3.05, 3.63) is 30.0 Å². The average molecular weight is 368 g/mol. The van der Waals surface area contributed by atoms with E-state index in [1.165, 1.54) is 0 Å². The van der Waals surface area contributed by atoms with Crippen LogP contribution >= 0.6 is 0 Å². The van der Waals surface area contributed by atoms with Gasteiger partial charge in [0.2, 0.25) is 5.91 Å². The summed E-state index contributed by atoms with van der Waals surface area (Å²) in [5.41, 5.74) is 1.85. The van der Waals surface area contributed by atoms with Gasteiger partial charge in [0.15, 0.2) is 11.7 Å². The Bertz CT molecular complexity index is 842. The molecule has 8 nitrogen and oxygen atoms in total. The molecule has 1 aliphatic heterocycles. The number of ether oxygens (including phenoxy) is 1. The van der Waals surface area contributed by atoms with Gasteiger partial charge in [-0.1, -0.05) is 12.1 Å². The van der Waals surface area contributed by atoms with Crippen molar-refractivity contribution in [3.63, 3.8) is 0 Å². The Balaban J connectivity index is 1.99. The quantitative estimate of drug-likeness (QED) is 0.752. The Morgan fingerprint density at radius 3 is 2.56 bits per heavy atom. The van der Waals surface area contributed by atoms with E-state index in [9.17, 15) is 10.1 Å². The lowest BCUT2D eigenvalue weighted by Gasteiger charge is -2.34. The SMILES string of the molecule is COCCNC(=O)C(C#N)c1nc2ccccc2nc1N1CCN(C)CC1. The first-order valence-corrected chi connectivity index (χ1v) is 9.00. The minimum absolute atomic E-state index is 0.346. The molecular weight excluding hydrogens is 344 g/mol. The number of carbonyl (C=O) groups is 1. The van der Waals surface area contributed by atoms with Crippen molar-refractivity contribution in [2.75, 3.05) is 58.4 Å². The van der Waals surface area contributed by atoms with Gasteiger partial charge in [-0.3, -0.25) is 4.79 Å². The second-order valence-corrected chi connectivity index (χ2v) is 6.56. The van der Waals surface area contributed by atoms with Gasteiger partial charge < -0.3 is 19.9 Å². The van der Waals surface area contributed by atoms with E-state index in [1.807, 2.05) is 24.3 Å². The lowest BCUT2D eigenvalue weighted by molar-refractivity contribution is -0.121. The number of fused-ring (bicyclic) bond motifs is 1. The highest BCUT2D eigenvalue weighted by molar-refractivity contribution is 5.88. The van der Waals surface area contributed by atoms with Gasteiger partial charge in [-0.25, -0.2) is 9.97 Å². The van der Waals surface area contributed by atoms with Crippen LogP contribution in [0.25, 0.3) is 11.0 Å². The van der Waals surface area contributed by atoms with Gasteiger partial charge in [-0.15, -0.1) is 0 Å². The fraction of sp³-hybridized carbons (Fsp3) is 0.474. The second-order valence-electron chi connectivity index (χ2n) is 6.56. The molecule has 1 aromatic carbocycles. The van der Waals surface area contributed by atoms with E-state index in [1.54, 1.807) is 7.11 Å². The number of nitrogens with zero attached hydrogens (tertiary/aromatic N) is 5. The standard InChI is InChI=1S/C19H24N6O2/c1-24-8-10-25(11-9-24)18-17(14(13-20)19(26)21-7-12-27-2)22-15-5-3-4-6-16(15)23-18/h3-6,14H,7-12H2,1-2H3,(H,21,26). The molecule has 1 amide bonds. The van der Waals surface area contributed by atoms with Crippen molar-refractivity contribution < 1.29 is 9.53 Å². The summed E-state index contributed by atoms with van der Waals surface area (Å²) in [5, 5.41) is 12.4. The van der Waals surface area contributed by atoms with Crippen LogP contribution < -0.4 is 10.2 Å². The molecule has 1 unspecified atom stereocenters. The van der Waals surface area contributed by atoms with E-state index < -0.39 is 5.92 Å². The molecule has 1 N–H and O–H groups in total. The number of likely N-dealkylation sites (N-methyl/N-ethyl adjacent to an activating group) is 1. The number of methoxy groups -OCH3 is 1. The first kappa shape index (κ1) is 19.0. The third-order valence-corrected chi connectivity index (χ3v) is 4.65. The monoisotopic (exact) mass is 368 g/mol. The number of para-hydroxylation sites is 2. The number of rotatable bonds is 6. The fourth-order valence-corrected chi connectivity index (χ4v) is 3.07. The van der Waals surface area contributed by atoms with Crippen molar-refractivity contribution >= 4 is 22.8 Å². The first-order chi connectivity index (χ1) is 13.1. The minimum Gasteiger partial charge on any atom is -0.383 e. The molecule has 8 heteroatoms. The summed E-state index contributed by atoms with van der Waals surface area (Å²) in [6.45, 7) is 4.08. The van der Waals surface area contributed by atoms with Gasteiger partial charge >= 0.3 is 0 Å². The van der Waals surface area contributed by atoms with Gasteiger partial charge in [-0.05, 0) is 19.2 Å². The molecule has 1 fully saturated rings. The summed E-state index contributed by atoms with van der Waals surface area (Å²) in [4.78, 5) is 26.4. The maximum atomic E-state index is 12.6. The van der Waals surface area contributed by atoms with Gasteiger partial charge in [0.05, 0.1) is 23.7 Å². The summed E-state index contributed by atoms with van der Waals surface area (Å²) < 4.78 is 4.96. The topological polar surface area (TPSA) is 94.4 Å². The highest BCUT2D eigenvalue weighted by atomic mass is 16.5. The van der Waals surface area contributed by atoms with E-state index in [-0.39, 0.29) is 5.91 Å². The molecule has 0 spiro atoms. The van der Waals surface area contributed by atoms with E-state index in [2.05, 4.69) is 33.2 Å². The molecular formula is C19H24N6O2. The number of piperazine rings is 1. The molecule has 1 aromatic heterocycles. The number of aromatic nitrogens is 2. The van der Waals surface area contributed by atoms with Crippen LogP contribution in [-0.2, 0) is 9.53 Å². The molecule has 1 aliphatic rings. The molecule has 0 saturated carbocycles. The van der Waals surface area contributed by atoms with Crippen LogP contribution in [0.5, 0.6) is 0 Å². The predicted molar refractivity (Wildman–Crippen MR) is 102 cm³/mol. The summed E-state index contributed by atoms with van der Waals surface area (Å²) in [6.07, 6.45) is 0. The molecule has 2 heterocycles. The summed E-state index contributed by atoms with van der Waals surface area (Å²) in [7, 11) is 3.64. The second kappa shape index (κ2) is 8.75. The minimum atomic E-state index is -1.02. The number of carbonyl (C=O) groups excluding carboxylic acids is 1. The summed E-state index contributed by atoms with van der Waals surface area (Å²) >= 11 is 0. The fourth-order valence-electron chi connectivity index (χ4n) is 3.07. The Hall–Kier alpha value is -2.76. The van der Waals surface area contributed by atoms with Gasteiger partial charge in [0, 0.05) is 39.8 Å². The van der Waals surface area contributed by atoms with Crippen molar-refractivity contribution in [3.8, 4) is 6.07 Å². The normalized spacial score (nSPS) is 16.1. The van der Waals surface area contributed by atoms with Crippen molar-refractivity contribution in [2.45, 2.75) is 5.92 Å². The van der Waals surface area contributed by atoms with Crippen molar-refractivity contribution in [1.29, 1.82) is 5.26 Å². The molecule has 3 rings (SSSR count). The number of amides is 1. The van der Waals surface area contributed by atoms with Crippen LogP contribution in [0.4, 0.5) is 5.82 Å². The predicted octanol–water partition coefficient (Wildman–Crippen LogP) is 0.751. The van der Waals surface area contributed by atoms with Gasteiger partial charge in [-0.2, -0.15) is 5.26 Å². The molecule has 0 aliphatic carbocycles. The maximum Gasteiger partial charge on any atom is 0.243 e. The molecule has 0 bridgehead atoms. The molecule has 1 atom stereocenters. The Morgan fingerprint density at radius 2 is 1.93 bits per heavy atom. The van der Waals surface area contributed by atoms with Crippen LogP contribution in [0.2, 0.25) is 0 Å². The third-order valence-electron chi connectivity index (χ3n) is 4.65. The molecule has 27 heavy (non-hydrogen) atoms. The van der Waals surface area contributed by atoms with E-state index in [0.717, 1.165) is 31.7 Å². The molecule has 2 aromatic rings. The maximum absolute atomic E-state index is 12.6. The van der Waals surface area contributed by atoms with E-state index in [0.29, 0.717) is 30.2 Å². The van der Waals surface area contributed by atoms with E-state index in [4.69, 9.17) is 9.72 Å². The Labute approximate surface area is 158 Å². The smallest absolute Gasteiger partial charge is 0.243 e. The Morgan fingerprint density at radius 1 is 1.26 bits per heavy atom. The number of nitriles is 1. The van der Waals surface area contributed by atoms with Crippen LogP contribution in [0.15, 0.2) is 24.3 Å². The zero-order valence-electron chi connectivity index (χ0n) is 15.7. The highest BCUT2D eigenvalue weighted by Gasteiger charge is 2.29. The summed E-state index contributed by atoms with van der Waals surface area (Å²) in [6, 6.07) is 9.62. The zero-order chi connectivity index (χ0) is 19.2. The van der Waals surface area contributed by atoms with Crippen LogP contribution in [-0.4, -0.2) is 74.3 Å². The van der Waals surface area contributed by atoms with Crippen molar-refractivity contribution in [1.82, 2.24) is 20.2 Å². The number of nitrogens with one attached hydrogen (secondary N) is 1. The van der Waals surface area contributed by atoms with Gasteiger partial charge in [0.25, 0.3) is 0 Å². The third kappa shape index (κ3) is 4.32. The van der Waals surface area contributed by atoms with Crippen LogP contribution in [0.1, 0.15) is 11.6 Å². The van der Waals surface area contributed by atoms with Crippen LogP contribution in [0.3, 0.4) is 0 Å². The van der Waals surface area contributed by atoms with Gasteiger partial charge in [0.1, 0.15) is 5.69 Å². The molecule has 142 valence electrons. The lowest BCUT2D eigenvalue weighted by Crippen LogP contribution is -2.45. The highest BCUT2D eigenvalue weighted by Crippen LogP contribution is 2.27. The molecule has 1 saturated heterocycles. The van der Waals surface area contributed by atoms with Crippen molar-refractivity contribution in [2.24, 2.45) is 0 Å².